The number of ether oxygens (including phenoxy) is 1. The van der Waals surface area contributed by atoms with E-state index in [2.05, 4.69) is 0 Å². The standard InChI is InChI=1S/C11H20N2O4S/c1-17-8-9-18(15,16)13-6-4-12(5-7-13)11(14)10-2-3-10/h10H,2-9H2,1H3. The Kier molecular flexibility index (Phi) is 4.24. The van der Waals surface area contributed by atoms with Gasteiger partial charge in [-0.2, -0.15) is 4.31 Å². The molecule has 18 heavy (non-hydrogen) atoms. The highest BCUT2D eigenvalue weighted by Crippen LogP contribution is 2.31. The summed E-state index contributed by atoms with van der Waals surface area (Å²) < 4.78 is 30.1. The molecule has 0 spiro atoms. The van der Waals surface area contributed by atoms with Gasteiger partial charge in [-0.1, -0.05) is 0 Å². The van der Waals surface area contributed by atoms with Crippen LogP contribution in [0.5, 0.6) is 0 Å². The molecule has 0 aromatic carbocycles. The van der Waals surface area contributed by atoms with Gasteiger partial charge in [0.25, 0.3) is 0 Å². The van der Waals surface area contributed by atoms with Gasteiger partial charge in [-0.25, -0.2) is 8.42 Å². The summed E-state index contributed by atoms with van der Waals surface area (Å²) >= 11 is 0. The summed E-state index contributed by atoms with van der Waals surface area (Å²) in [5.41, 5.74) is 0. The molecule has 0 aromatic heterocycles. The normalized spacial score (nSPS) is 22.2. The van der Waals surface area contributed by atoms with Crippen LogP contribution in [0.2, 0.25) is 0 Å². The molecule has 1 saturated heterocycles. The van der Waals surface area contributed by atoms with E-state index in [1.54, 1.807) is 4.90 Å². The maximum Gasteiger partial charge on any atom is 0.225 e. The summed E-state index contributed by atoms with van der Waals surface area (Å²) in [6.07, 6.45) is 1.98. The highest BCUT2D eigenvalue weighted by atomic mass is 32.2. The number of sulfonamides is 1. The number of amides is 1. The van der Waals surface area contributed by atoms with Gasteiger partial charge < -0.3 is 9.64 Å². The third-order valence-corrected chi connectivity index (χ3v) is 5.25. The molecule has 104 valence electrons. The van der Waals surface area contributed by atoms with Gasteiger partial charge in [-0.15, -0.1) is 0 Å². The average Bonchev–Trinajstić information content (AvgIpc) is 3.20. The van der Waals surface area contributed by atoms with Crippen LogP contribution in [-0.2, 0) is 19.6 Å². The molecule has 0 atom stereocenters. The Morgan fingerprint density at radius 3 is 2.33 bits per heavy atom. The topological polar surface area (TPSA) is 66.9 Å². The fourth-order valence-corrected chi connectivity index (χ4v) is 3.45. The van der Waals surface area contributed by atoms with Gasteiger partial charge in [0.2, 0.25) is 15.9 Å². The lowest BCUT2D eigenvalue weighted by Gasteiger charge is -2.34. The molecule has 1 saturated carbocycles. The van der Waals surface area contributed by atoms with Crippen LogP contribution in [0.3, 0.4) is 0 Å². The Morgan fingerprint density at radius 1 is 1.22 bits per heavy atom. The maximum absolute atomic E-state index is 11.9. The van der Waals surface area contributed by atoms with Crippen molar-refractivity contribution in [2.24, 2.45) is 5.92 Å². The van der Waals surface area contributed by atoms with Crippen molar-refractivity contribution in [2.45, 2.75) is 12.8 Å². The molecule has 0 radical (unpaired) electrons. The number of nitrogens with zero attached hydrogens (tertiary/aromatic N) is 2. The largest absolute Gasteiger partial charge is 0.384 e. The van der Waals surface area contributed by atoms with Crippen molar-refractivity contribution in [1.82, 2.24) is 9.21 Å². The molecule has 2 fully saturated rings. The Bertz CT molecular complexity index is 397. The van der Waals surface area contributed by atoms with Crippen molar-refractivity contribution in [3.63, 3.8) is 0 Å². The number of rotatable bonds is 5. The zero-order valence-corrected chi connectivity index (χ0v) is 11.5. The van der Waals surface area contributed by atoms with Crippen molar-refractivity contribution < 1.29 is 17.9 Å². The molecule has 0 N–H and O–H groups in total. The number of hydrogen-bond acceptors (Lipinski definition) is 4. The summed E-state index contributed by atoms with van der Waals surface area (Å²) in [4.78, 5) is 13.6. The third-order valence-electron chi connectivity index (χ3n) is 3.42. The Balaban J connectivity index is 1.83. The molecule has 0 unspecified atom stereocenters. The highest BCUT2D eigenvalue weighted by molar-refractivity contribution is 7.89. The molecule has 1 amide bonds. The fourth-order valence-electron chi connectivity index (χ4n) is 2.09. The van der Waals surface area contributed by atoms with Gasteiger partial charge in [-0.3, -0.25) is 4.79 Å². The van der Waals surface area contributed by atoms with E-state index in [4.69, 9.17) is 4.74 Å². The van der Waals surface area contributed by atoms with Crippen LogP contribution in [0.4, 0.5) is 0 Å². The van der Waals surface area contributed by atoms with E-state index in [1.807, 2.05) is 0 Å². The van der Waals surface area contributed by atoms with Crippen molar-refractivity contribution in [3.05, 3.63) is 0 Å². The summed E-state index contributed by atoms with van der Waals surface area (Å²) in [7, 11) is -1.74. The van der Waals surface area contributed by atoms with Crippen LogP contribution in [0, 0.1) is 5.92 Å². The lowest BCUT2D eigenvalue weighted by Crippen LogP contribution is -2.51. The van der Waals surface area contributed by atoms with Gasteiger partial charge in [0.15, 0.2) is 0 Å². The molecule has 2 rings (SSSR count). The summed E-state index contributed by atoms with van der Waals surface area (Å²) in [5, 5.41) is 0. The van der Waals surface area contributed by atoms with E-state index >= 15 is 0 Å². The number of carbonyl (C=O) groups excluding carboxylic acids is 1. The average molecular weight is 276 g/mol. The summed E-state index contributed by atoms with van der Waals surface area (Å²) in [5.74, 6) is 0.422. The molecular formula is C11H20N2O4S. The molecule has 0 bridgehead atoms. The summed E-state index contributed by atoms with van der Waals surface area (Å²) in [6, 6.07) is 0. The SMILES string of the molecule is COCCS(=O)(=O)N1CCN(C(=O)C2CC2)CC1. The Labute approximate surface area is 108 Å². The number of carbonyl (C=O) groups is 1. The molecule has 6 nitrogen and oxygen atoms in total. The minimum Gasteiger partial charge on any atom is -0.384 e. The Hall–Kier alpha value is -0.660. The second-order valence-electron chi connectivity index (χ2n) is 4.81. The van der Waals surface area contributed by atoms with E-state index in [9.17, 15) is 13.2 Å². The maximum atomic E-state index is 11.9. The highest BCUT2D eigenvalue weighted by Gasteiger charge is 2.36. The predicted octanol–water partition coefficient (Wildman–Crippen LogP) is -0.483. The van der Waals surface area contributed by atoms with Gasteiger partial charge in [0.05, 0.1) is 12.4 Å². The minimum atomic E-state index is -3.23. The third kappa shape index (κ3) is 3.21. The quantitative estimate of drug-likeness (QED) is 0.680. The fraction of sp³-hybridized carbons (Fsp3) is 0.909. The van der Waals surface area contributed by atoms with E-state index < -0.39 is 10.0 Å². The van der Waals surface area contributed by atoms with Crippen LogP contribution < -0.4 is 0 Å². The van der Waals surface area contributed by atoms with Crippen molar-refractivity contribution in [1.29, 1.82) is 0 Å². The van der Waals surface area contributed by atoms with Crippen molar-refractivity contribution >= 4 is 15.9 Å². The van der Waals surface area contributed by atoms with Crippen LogP contribution >= 0.6 is 0 Å². The number of piperazine rings is 1. The summed E-state index contributed by atoms with van der Waals surface area (Å²) in [6.45, 7) is 2.06. The van der Waals surface area contributed by atoms with Gasteiger partial charge in [-0.05, 0) is 12.8 Å². The van der Waals surface area contributed by atoms with E-state index in [0.29, 0.717) is 26.2 Å². The number of methoxy groups -OCH3 is 1. The van der Waals surface area contributed by atoms with E-state index in [1.165, 1.54) is 11.4 Å². The number of hydrogen-bond donors (Lipinski definition) is 0. The second-order valence-corrected chi connectivity index (χ2v) is 6.90. The molecule has 1 heterocycles. The smallest absolute Gasteiger partial charge is 0.225 e. The predicted molar refractivity (Wildman–Crippen MR) is 66.5 cm³/mol. The van der Waals surface area contributed by atoms with Crippen LogP contribution in [0.25, 0.3) is 0 Å². The van der Waals surface area contributed by atoms with Crippen LogP contribution in [0.15, 0.2) is 0 Å². The molecule has 0 aromatic rings. The first-order chi connectivity index (χ1) is 8.54. The van der Waals surface area contributed by atoms with Crippen molar-refractivity contribution in [3.8, 4) is 0 Å². The first-order valence-corrected chi connectivity index (χ1v) is 7.91. The first-order valence-electron chi connectivity index (χ1n) is 6.30. The zero-order chi connectivity index (χ0) is 13.2. The molecular weight excluding hydrogens is 256 g/mol. The van der Waals surface area contributed by atoms with Crippen LogP contribution in [-0.4, -0.2) is 69.2 Å². The van der Waals surface area contributed by atoms with Gasteiger partial charge in [0, 0.05) is 39.2 Å². The van der Waals surface area contributed by atoms with Gasteiger partial charge >= 0.3 is 0 Å². The monoisotopic (exact) mass is 276 g/mol. The van der Waals surface area contributed by atoms with Crippen molar-refractivity contribution in [2.75, 3.05) is 45.6 Å². The Morgan fingerprint density at radius 2 is 1.83 bits per heavy atom. The van der Waals surface area contributed by atoms with E-state index in [0.717, 1.165) is 12.8 Å². The molecule has 7 heteroatoms. The molecule has 1 aliphatic heterocycles. The lowest BCUT2D eigenvalue weighted by atomic mass is 10.3. The van der Waals surface area contributed by atoms with Gasteiger partial charge in [0.1, 0.15) is 0 Å². The van der Waals surface area contributed by atoms with Crippen LogP contribution in [0.1, 0.15) is 12.8 Å². The zero-order valence-electron chi connectivity index (χ0n) is 10.7. The molecule has 2 aliphatic rings. The lowest BCUT2D eigenvalue weighted by molar-refractivity contribution is -0.133. The van der Waals surface area contributed by atoms with E-state index in [-0.39, 0.29) is 24.2 Å². The minimum absolute atomic E-state index is 0.0140. The second kappa shape index (κ2) is 5.54. The first kappa shape index (κ1) is 13.8. The molecule has 1 aliphatic carbocycles.